The molecule has 0 spiro atoms. The molecule has 28 heavy (non-hydrogen) atoms. The van der Waals surface area contributed by atoms with Gasteiger partial charge >= 0.3 is 6.18 Å². The molecule has 1 aliphatic rings. The number of H-pyrrole nitrogens is 1. The van der Waals surface area contributed by atoms with E-state index in [2.05, 4.69) is 14.9 Å². The predicted molar refractivity (Wildman–Crippen MR) is 101 cm³/mol. The van der Waals surface area contributed by atoms with Crippen LogP contribution in [0.2, 0.25) is 0 Å². The van der Waals surface area contributed by atoms with Crippen molar-refractivity contribution in [2.75, 3.05) is 36.0 Å². The highest BCUT2D eigenvalue weighted by atomic mass is 19.4. The summed E-state index contributed by atoms with van der Waals surface area (Å²) in [6.07, 6.45) is -3.65. The van der Waals surface area contributed by atoms with Crippen LogP contribution in [-0.4, -0.2) is 36.1 Å². The van der Waals surface area contributed by atoms with Gasteiger partial charge in [0.15, 0.2) is 0 Å². The predicted octanol–water partition coefficient (Wildman–Crippen LogP) is 4.17. The Morgan fingerprint density at radius 2 is 1.75 bits per heavy atom. The van der Waals surface area contributed by atoms with Gasteiger partial charge in [-0.2, -0.15) is 18.4 Å². The topological polar surface area (TPSA) is 59.0 Å². The van der Waals surface area contributed by atoms with Crippen LogP contribution in [0.5, 0.6) is 0 Å². The zero-order chi connectivity index (χ0) is 19.7. The molecule has 1 aliphatic heterocycles. The van der Waals surface area contributed by atoms with Crippen molar-refractivity contribution in [2.24, 2.45) is 0 Å². The second-order valence-electron chi connectivity index (χ2n) is 6.75. The summed E-state index contributed by atoms with van der Waals surface area (Å²) in [6, 6.07) is 13.1. The molecule has 0 aliphatic carbocycles. The third kappa shape index (κ3) is 3.48. The highest BCUT2D eigenvalue weighted by Gasteiger charge is 2.31. The van der Waals surface area contributed by atoms with Gasteiger partial charge in [-0.25, -0.2) is 4.98 Å². The maximum atomic E-state index is 12.9. The number of aromatic nitrogens is 2. The number of aromatic amines is 1. The summed E-state index contributed by atoms with van der Waals surface area (Å²) in [4.78, 5) is 12.0. The Balaban J connectivity index is 1.55. The minimum Gasteiger partial charge on any atom is -0.369 e. The lowest BCUT2D eigenvalue weighted by molar-refractivity contribution is -0.137. The third-order valence-electron chi connectivity index (χ3n) is 4.96. The Morgan fingerprint density at radius 3 is 2.50 bits per heavy atom. The number of para-hydroxylation sites is 2. The molecule has 1 fully saturated rings. The van der Waals surface area contributed by atoms with E-state index < -0.39 is 11.7 Å². The first-order chi connectivity index (χ1) is 13.5. The largest absolute Gasteiger partial charge is 0.416 e. The number of nitrogens with one attached hydrogen (secondary N) is 1. The van der Waals surface area contributed by atoms with E-state index in [0.717, 1.165) is 42.1 Å². The number of halogens is 3. The van der Waals surface area contributed by atoms with Gasteiger partial charge in [-0.1, -0.05) is 12.1 Å². The number of nitrogens with zero attached hydrogens (tertiary/aromatic N) is 4. The van der Waals surface area contributed by atoms with Crippen molar-refractivity contribution < 1.29 is 13.2 Å². The van der Waals surface area contributed by atoms with Crippen LogP contribution in [0.15, 0.2) is 42.5 Å². The van der Waals surface area contributed by atoms with Gasteiger partial charge < -0.3 is 14.8 Å². The summed E-state index contributed by atoms with van der Waals surface area (Å²) >= 11 is 0. The van der Waals surface area contributed by atoms with E-state index in [1.54, 1.807) is 0 Å². The smallest absolute Gasteiger partial charge is 0.369 e. The quantitative estimate of drug-likeness (QED) is 0.719. The normalized spacial score (nSPS) is 15.5. The number of imidazole rings is 1. The Morgan fingerprint density at radius 1 is 1.00 bits per heavy atom. The van der Waals surface area contributed by atoms with Crippen molar-refractivity contribution in [2.45, 2.75) is 12.6 Å². The first-order valence-electron chi connectivity index (χ1n) is 9.02. The van der Waals surface area contributed by atoms with Gasteiger partial charge in [-0.3, -0.25) is 0 Å². The maximum absolute atomic E-state index is 12.9. The first kappa shape index (κ1) is 18.2. The lowest BCUT2D eigenvalue weighted by atomic mass is 10.1. The van der Waals surface area contributed by atoms with Gasteiger partial charge in [0.25, 0.3) is 0 Å². The summed E-state index contributed by atoms with van der Waals surface area (Å²) in [7, 11) is 0. The molecule has 1 saturated heterocycles. The van der Waals surface area contributed by atoms with Crippen LogP contribution in [0.3, 0.4) is 0 Å². The van der Waals surface area contributed by atoms with Gasteiger partial charge in [0.05, 0.1) is 27.8 Å². The number of hydrogen-bond acceptors (Lipinski definition) is 4. The molecule has 144 valence electrons. The molecule has 4 rings (SSSR count). The summed E-state index contributed by atoms with van der Waals surface area (Å²) in [5, 5.41) is 9.35. The van der Waals surface area contributed by atoms with E-state index in [-0.39, 0.29) is 5.56 Å². The molecule has 0 unspecified atom stereocenters. The summed E-state index contributed by atoms with van der Waals surface area (Å²) in [5.41, 5.74) is 1.65. The SMILES string of the molecule is N#Cc1cc(C(F)(F)F)ccc1N1CCCN(c2nc3ccccc3[nH]2)CC1. The number of nitriles is 1. The van der Waals surface area contributed by atoms with Gasteiger partial charge in [-0.15, -0.1) is 0 Å². The van der Waals surface area contributed by atoms with Crippen LogP contribution < -0.4 is 9.80 Å². The van der Waals surface area contributed by atoms with E-state index in [4.69, 9.17) is 0 Å². The monoisotopic (exact) mass is 385 g/mol. The van der Waals surface area contributed by atoms with Crippen molar-refractivity contribution in [3.05, 3.63) is 53.6 Å². The van der Waals surface area contributed by atoms with Gasteiger partial charge in [0.1, 0.15) is 6.07 Å². The molecule has 2 aromatic carbocycles. The van der Waals surface area contributed by atoms with Crippen molar-refractivity contribution in [1.29, 1.82) is 5.26 Å². The summed E-state index contributed by atoms with van der Waals surface area (Å²) in [6.45, 7) is 2.69. The first-order valence-corrected chi connectivity index (χ1v) is 9.02. The van der Waals surface area contributed by atoms with Crippen LogP contribution in [-0.2, 0) is 6.18 Å². The fourth-order valence-corrected chi connectivity index (χ4v) is 3.54. The van der Waals surface area contributed by atoms with Crippen molar-refractivity contribution >= 4 is 22.7 Å². The van der Waals surface area contributed by atoms with Crippen molar-refractivity contribution in [1.82, 2.24) is 9.97 Å². The molecular formula is C20H18F3N5. The molecule has 0 amide bonds. The zero-order valence-corrected chi connectivity index (χ0v) is 15.0. The number of fused-ring (bicyclic) bond motifs is 1. The molecule has 0 radical (unpaired) electrons. The fraction of sp³-hybridized carbons (Fsp3) is 0.300. The highest BCUT2D eigenvalue weighted by molar-refractivity contribution is 5.77. The molecule has 0 atom stereocenters. The van der Waals surface area contributed by atoms with Crippen LogP contribution >= 0.6 is 0 Å². The van der Waals surface area contributed by atoms with Crippen LogP contribution in [0.1, 0.15) is 17.5 Å². The lowest BCUT2D eigenvalue weighted by Crippen LogP contribution is -2.31. The van der Waals surface area contributed by atoms with E-state index in [0.29, 0.717) is 25.3 Å². The Kier molecular flexibility index (Phi) is 4.59. The van der Waals surface area contributed by atoms with Crippen LogP contribution in [0, 0.1) is 11.3 Å². The van der Waals surface area contributed by atoms with Gasteiger partial charge in [0.2, 0.25) is 5.95 Å². The number of hydrogen-bond donors (Lipinski definition) is 1. The molecule has 3 aromatic rings. The second kappa shape index (κ2) is 7.08. The average molecular weight is 385 g/mol. The van der Waals surface area contributed by atoms with Crippen molar-refractivity contribution in [3.8, 4) is 6.07 Å². The van der Waals surface area contributed by atoms with Crippen molar-refractivity contribution in [3.63, 3.8) is 0 Å². The molecule has 0 bridgehead atoms. The minimum atomic E-state index is -4.46. The minimum absolute atomic E-state index is 0.0482. The summed E-state index contributed by atoms with van der Waals surface area (Å²) < 4.78 is 38.8. The fourth-order valence-electron chi connectivity index (χ4n) is 3.54. The number of rotatable bonds is 2. The van der Waals surface area contributed by atoms with Crippen LogP contribution in [0.4, 0.5) is 24.8 Å². The lowest BCUT2D eigenvalue weighted by Gasteiger charge is -2.25. The highest BCUT2D eigenvalue weighted by Crippen LogP contribution is 2.33. The maximum Gasteiger partial charge on any atom is 0.416 e. The average Bonchev–Trinajstić information content (AvgIpc) is 2.96. The molecule has 5 nitrogen and oxygen atoms in total. The molecule has 1 N–H and O–H groups in total. The van der Waals surface area contributed by atoms with E-state index in [1.807, 2.05) is 35.2 Å². The zero-order valence-electron chi connectivity index (χ0n) is 15.0. The standard InChI is InChI=1S/C20H18F3N5/c21-20(22,23)15-6-7-18(14(12-15)13-24)27-8-3-9-28(11-10-27)19-25-16-4-1-2-5-17(16)26-19/h1-2,4-7,12H,3,8-11H2,(H,25,26). The van der Waals surface area contributed by atoms with E-state index in [9.17, 15) is 18.4 Å². The molecule has 1 aromatic heterocycles. The molecule has 2 heterocycles. The van der Waals surface area contributed by atoms with Gasteiger partial charge in [-0.05, 0) is 36.8 Å². The molecular weight excluding hydrogens is 367 g/mol. The Labute approximate surface area is 160 Å². The van der Waals surface area contributed by atoms with E-state index >= 15 is 0 Å². The number of anilines is 2. The molecule has 8 heteroatoms. The Hall–Kier alpha value is -3.21. The summed E-state index contributed by atoms with van der Waals surface area (Å²) in [5.74, 6) is 0.788. The second-order valence-corrected chi connectivity index (χ2v) is 6.75. The third-order valence-corrected chi connectivity index (χ3v) is 4.96. The van der Waals surface area contributed by atoms with Gasteiger partial charge in [0, 0.05) is 26.2 Å². The number of alkyl halides is 3. The Bertz CT molecular complexity index is 1000. The molecule has 0 saturated carbocycles. The van der Waals surface area contributed by atoms with E-state index in [1.165, 1.54) is 6.07 Å². The van der Waals surface area contributed by atoms with Crippen LogP contribution in [0.25, 0.3) is 11.0 Å². The number of benzene rings is 2.